The van der Waals surface area contributed by atoms with Crippen LogP contribution in [0.3, 0.4) is 0 Å². The fraction of sp³-hybridized carbons (Fsp3) is 0.364. The normalized spacial score (nSPS) is 11.8. The predicted octanol–water partition coefficient (Wildman–Crippen LogP) is 4.20. The van der Waals surface area contributed by atoms with E-state index in [-0.39, 0.29) is 30.6 Å². The van der Waals surface area contributed by atoms with Gasteiger partial charge in [0, 0.05) is 16.7 Å². The van der Waals surface area contributed by atoms with Gasteiger partial charge in [0.2, 0.25) is 0 Å². The van der Waals surface area contributed by atoms with E-state index in [2.05, 4.69) is 0 Å². The largest absolute Gasteiger partial charge is 0.491 e. The highest BCUT2D eigenvalue weighted by molar-refractivity contribution is 6.02. The summed E-state index contributed by atoms with van der Waals surface area (Å²) in [4.78, 5) is 35.7. The van der Waals surface area contributed by atoms with Gasteiger partial charge in [-0.1, -0.05) is 48.5 Å². The van der Waals surface area contributed by atoms with Gasteiger partial charge in [-0.2, -0.15) is 0 Å². The van der Waals surface area contributed by atoms with E-state index in [0.717, 1.165) is 11.1 Å². The van der Waals surface area contributed by atoms with Gasteiger partial charge >= 0.3 is 0 Å². The van der Waals surface area contributed by atoms with Crippen LogP contribution in [0.5, 0.6) is 5.75 Å². The van der Waals surface area contributed by atoms with E-state index in [0.29, 0.717) is 28.9 Å². The smallest absolute Gasteiger partial charge is 0.193 e. The highest BCUT2D eigenvalue weighted by atomic mass is 16.5. The molecule has 0 heterocycles. The molecule has 0 bridgehead atoms. The zero-order valence-corrected chi connectivity index (χ0v) is 24.5. The van der Waals surface area contributed by atoms with E-state index in [1.807, 2.05) is 24.3 Å². The Balaban J connectivity index is 0.000000317. The number of benzene rings is 3. The molecule has 0 saturated heterocycles. The zero-order chi connectivity index (χ0) is 31.0. The second-order valence-corrected chi connectivity index (χ2v) is 11.3. The van der Waals surface area contributed by atoms with Crippen LogP contribution in [0, 0.1) is 0 Å². The third-order valence-corrected chi connectivity index (χ3v) is 5.98. The van der Waals surface area contributed by atoms with Crippen LogP contribution >= 0.6 is 0 Å². The van der Waals surface area contributed by atoms with Crippen LogP contribution < -0.4 is 4.74 Å². The molecule has 3 aromatic rings. The van der Waals surface area contributed by atoms with Crippen LogP contribution in [0.2, 0.25) is 0 Å². The number of rotatable bonds is 11. The Hall–Kier alpha value is -3.69. The van der Waals surface area contributed by atoms with Crippen molar-refractivity contribution >= 4 is 17.3 Å². The maximum Gasteiger partial charge on any atom is 0.193 e. The van der Waals surface area contributed by atoms with Crippen LogP contribution in [0.1, 0.15) is 83.7 Å². The topological polar surface area (TPSA) is 141 Å². The monoisotopic (exact) mass is 564 g/mol. The lowest BCUT2D eigenvalue weighted by molar-refractivity contribution is 0.0487. The Bertz CT molecular complexity index is 1240. The zero-order valence-electron chi connectivity index (χ0n) is 24.5. The fourth-order valence-corrected chi connectivity index (χ4v) is 3.71. The van der Waals surface area contributed by atoms with E-state index >= 15 is 0 Å². The number of ketones is 3. The number of hydrogen-bond acceptors (Lipinski definition) is 8. The molecule has 4 N–H and O–H groups in total. The molecule has 41 heavy (non-hydrogen) atoms. The van der Waals surface area contributed by atoms with E-state index in [4.69, 9.17) is 9.84 Å². The van der Waals surface area contributed by atoms with Crippen LogP contribution in [-0.2, 0) is 6.42 Å². The second-order valence-electron chi connectivity index (χ2n) is 11.3. The average molecular weight is 565 g/mol. The summed E-state index contributed by atoms with van der Waals surface area (Å²) in [6.07, 6.45) is 0.661. The molecule has 0 radical (unpaired) electrons. The number of carbonyl (C=O) groups is 3. The molecule has 0 aliphatic heterocycles. The van der Waals surface area contributed by atoms with Gasteiger partial charge in [-0.15, -0.1) is 0 Å². The first-order valence-electron chi connectivity index (χ1n) is 13.3. The Morgan fingerprint density at radius 2 is 0.854 bits per heavy atom. The summed E-state index contributed by atoms with van der Waals surface area (Å²) in [6, 6.07) is 20.7. The molecule has 3 rings (SSSR count). The van der Waals surface area contributed by atoms with Gasteiger partial charge in [0.15, 0.2) is 17.3 Å². The first-order valence-corrected chi connectivity index (χ1v) is 13.3. The van der Waals surface area contributed by atoms with Crippen LogP contribution in [0.25, 0.3) is 0 Å². The predicted molar refractivity (Wildman–Crippen MR) is 157 cm³/mol. The minimum Gasteiger partial charge on any atom is -0.491 e. The SMILES string of the molecule is CC(C)(O)C(=O)c1ccc(Cc2ccc(C(=O)C(C)(C)O)cc2)cc1.CC(C)(O)C(=O)c1ccc(OCCO)cc1. The lowest BCUT2D eigenvalue weighted by atomic mass is 9.94. The van der Waals surface area contributed by atoms with E-state index in [1.54, 1.807) is 48.5 Å². The van der Waals surface area contributed by atoms with Crippen molar-refractivity contribution in [1.29, 1.82) is 0 Å². The molecule has 8 nitrogen and oxygen atoms in total. The van der Waals surface area contributed by atoms with Gasteiger partial charge in [0.25, 0.3) is 0 Å². The second kappa shape index (κ2) is 13.8. The number of hydrogen-bond donors (Lipinski definition) is 4. The van der Waals surface area contributed by atoms with Crippen molar-refractivity contribution in [3.63, 3.8) is 0 Å². The fourth-order valence-electron chi connectivity index (χ4n) is 3.71. The van der Waals surface area contributed by atoms with Gasteiger partial charge in [0.05, 0.1) is 6.61 Å². The van der Waals surface area contributed by atoms with Crippen LogP contribution in [-0.4, -0.2) is 67.8 Å². The number of ether oxygens (including phenoxy) is 1. The lowest BCUT2D eigenvalue weighted by Gasteiger charge is -2.16. The van der Waals surface area contributed by atoms with E-state index in [1.165, 1.54) is 41.5 Å². The summed E-state index contributed by atoms with van der Waals surface area (Å²) in [5, 5.41) is 37.7. The van der Waals surface area contributed by atoms with Crippen molar-refractivity contribution in [1.82, 2.24) is 0 Å². The highest BCUT2D eigenvalue weighted by Crippen LogP contribution is 2.19. The standard InChI is InChI=1S/C21H24O4.C12H16O4/c1-20(2,24)18(22)16-9-5-14(6-10-16)13-15-7-11-17(12-8-15)19(23)21(3,4)25;1-12(2,15)11(14)9-3-5-10(6-4-9)16-8-7-13/h5-12,24-25H,13H2,1-4H3;3-6,13,15H,7-8H2,1-2H3. The first-order chi connectivity index (χ1) is 18.9. The molecule has 0 spiro atoms. The third kappa shape index (κ3) is 10.3. The number of Topliss-reactive ketones (excluding diaryl/α,β-unsaturated/α-hetero) is 3. The molecule has 0 atom stereocenters. The minimum absolute atomic E-state index is 0.0512. The lowest BCUT2D eigenvalue weighted by Crippen LogP contribution is -2.31. The van der Waals surface area contributed by atoms with Crippen LogP contribution in [0.4, 0.5) is 0 Å². The third-order valence-electron chi connectivity index (χ3n) is 5.98. The molecule has 0 aliphatic carbocycles. The average Bonchev–Trinajstić information content (AvgIpc) is 2.90. The highest BCUT2D eigenvalue weighted by Gasteiger charge is 2.26. The van der Waals surface area contributed by atoms with Gasteiger partial charge in [-0.3, -0.25) is 14.4 Å². The van der Waals surface area contributed by atoms with Crippen LogP contribution in [0.15, 0.2) is 72.8 Å². The Kier molecular flexibility index (Phi) is 11.3. The molecular weight excluding hydrogens is 524 g/mol. The molecule has 0 fully saturated rings. The molecule has 0 aliphatic rings. The van der Waals surface area contributed by atoms with E-state index in [9.17, 15) is 29.7 Å². The summed E-state index contributed by atoms with van der Waals surface area (Å²) in [5.41, 5.74) is -0.710. The molecule has 220 valence electrons. The number of aliphatic hydroxyl groups excluding tert-OH is 1. The number of carbonyl (C=O) groups excluding carboxylic acids is 3. The van der Waals surface area contributed by atoms with Gasteiger partial charge < -0.3 is 25.2 Å². The van der Waals surface area contributed by atoms with Crippen molar-refractivity contribution in [2.45, 2.75) is 64.8 Å². The molecule has 3 aromatic carbocycles. The van der Waals surface area contributed by atoms with Crippen molar-refractivity contribution < 1.29 is 39.5 Å². The molecule has 0 aromatic heterocycles. The van der Waals surface area contributed by atoms with Gasteiger partial charge in [-0.05, 0) is 83.4 Å². The maximum absolute atomic E-state index is 12.0. The summed E-state index contributed by atoms with van der Waals surface area (Å²) in [7, 11) is 0. The number of aliphatic hydroxyl groups is 4. The summed E-state index contributed by atoms with van der Waals surface area (Å²) in [6.45, 7) is 8.96. The minimum atomic E-state index is -1.38. The molecular formula is C33H40O8. The Morgan fingerprint density at radius 3 is 1.12 bits per heavy atom. The van der Waals surface area contributed by atoms with Gasteiger partial charge in [-0.25, -0.2) is 0 Å². The maximum atomic E-state index is 12.0. The summed E-state index contributed by atoms with van der Waals surface area (Å²) >= 11 is 0. The van der Waals surface area contributed by atoms with Crippen molar-refractivity contribution in [3.8, 4) is 5.75 Å². The first kappa shape index (κ1) is 33.5. The molecule has 8 heteroatoms. The van der Waals surface area contributed by atoms with E-state index < -0.39 is 16.8 Å². The molecule has 0 amide bonds. The Morgan fingerprint density at radius 1 is 0.561 bits per heavy atom. The quantitative estimate of drug-likeness (QED) is 0.254. The molecule has 0 saturated carbocycles. The molecule has 0 unspecified atom stereocenters. The Labute approximate surface area is 241 Å². The summed E-state index contributed by atoms with van der Waals surface area (Å²) in [5.74, 6) is -0.371. The van der Waals surface area contributed by atoms with Gasteiger partial charge in [0.1, 0.15) is 29.2 Å². The van der Waals surface area contributed by atoms with Crippen molar-refractivity contribution in [3.05, 3.63) is 101 Å². The van der Waals surface area contributed by atoms with Crippen molar-refractivity contribution in [2.24, 2.45) is 0 Å². The van der Waals surface area contributed by atoms with Crippen molar-refractivity contribution in [2.75, 3.05) is 13.2 Å². The summed E-state index contributed by atoms with van der Waals surface area (Å²) < 4.78 is 5.15.